The molecule has 1 rings (SSSR count). The van der Waals surface area contributed by atoms with E-state index in [0.717, 1.165) is 11.5 Å². The number of hydrogen-bond acceptors (Lipinski definition) is 2. The Kier molecular flexibility index (Phi) is 2.66. The van der Waals surface area contributed by atoms with Crippen LogP contribution < -0.4 is 0 Å². The van der Waals surface area contributed by atoms with Crippen LogP contribution in [-0.4, -0.2) is 4.98 Å². The Balaban J connectivity index is 2.95. The highest BCUT2D eigenvalue weighted by Gasteiger charge is 1.98. The summed E-state index contributed by atoms with van der Waals surface area (Å²) in [5.74, 6) is 0.811. The second kappa shape index (κ2) is 3.76. The Morgan fingerprint density at radius 2 is 2.00 bits per heavy atom. The van der Waals surface area contributed by atoms with Gasteiger partial charge in [0.25, 0.3) is 0 Å². The molecule has 1 aromatic rings. The zero-order valence-corrected chi connectivity index (χ0v) is 6.74. The smallest absolute Gasteiger partial charge is 0.181 e. The summed E-state index contributed by atoms with van der Waals surface area (Å²) in [6.45, 7) is 3.90. The van der Waals surface area contributed by atoms with Crippen LogP contribution in [0, 0.1) is 0 Å². The minimum Gasteiger partial charge on any atom is -0.443 e. The van der Waals surface area contributed by atoms with Gasteiger partial charge in [-0.1, -0.05) is 12.2 Å². The van der Waals surface area contributed by atoms with Crippen LogP contribution in [0.2, 0.25) is 0 Å². The average molecular weight is 149 g/mol. The van der Waals surface area contributed by atoms with Crippen molar-refractivity contribution in [3.63, 3.8) is 0 Å². The van der Waals surface area contributed by atoms with Crippen molar-refractivity contribution < 1.29 is 4.42 Å². The van der Waals surface area contributed by atoms with Crippen LogP contribution in [0.15, 0.2) is 23.0 Å². The summed E-state index contributed by atoms with van der Waals surface area (Å²) < 4.78 is 5.11. The highest BCUT2D eigenvalue weighted by molar-refractivity contribution is 5.57. The van der Waals surface area contributed by atoms with Gasteiger partial charge >= 0.3 is 0 Å². The summed E-state index contributed by atoms with van der Waals surface area (Å²) in [5, 5.41) is 0. The van der Waals surface area contributed by atoms with Gasteiger partial charge in [-0.2, -0.15) is 0 Å². The van der Waals surface area contributed by atoms with Crippen molar-refractivity contribution in [1.82, 2.24) is 4.98 Å². The lowest BCUT2D eigenvalue weighted by molar-refractivity contribution is 0.548. The molecule has 0 atom stereocenters. The van der Waals surface area contributed by atoms with Gasteiger partial charge in [-0.05, 0) is 26.0 Å². The van der Waals surface area contributed by atoms with E-state index >= 15 is 0 Å². The van der Waals surface area contributed by atoms with E-state index in [1.165, 1.54) is 6.39 Å². The summed E-state index contributed by atoms with van der Waals surface area (Å²) in [6, 6.07) is 0. The van der Waals surface area contributed by atoms with E-state index in [-0.39, 0.29) is 0 Å². The second-order valence-electron chi connectivity index (χ2n) is 2.10. The van der Waals surface area contributed by atoms with Gasteiger partial charge in [0.15, 0.2) is 12.2 Å². The molecule has 0 amide bonds. The van der Waals surface area contributed by atoms with Crippen molar-refractivity contribution in [1.29, 1.82) is 0 Å². The van der Waals surface area contributed by atoms with Gasteiger partial charge in [-0.15, -0.1) is 0 Å². The molecule has 0 saturated heterocycles. The van der Waals surface area contributed by atoms with Crippen LogP contribution in [0.25, 0.3) is 12.2 Å². The molecule has 0 N–H and O–H groups in total. The van der Waals surface area contributed by atoms with E-state index in [0.29, 0.717) is 0 Å². The zero-order chi connectivity index (χ0) is 8.10. The van der Waals surface area contributed by atoms with Crippen molar-refractivity contribution in [3.8, 4) is 0 Å². The van der Waals surface area contributed by atoms with Crippen molar-refractivity contribution in [2.75, 3.05) is 0 Å². The monoisotopic (exact) mass is 149 g/mol. The fourth-order valence-electron chi connectivity index (χ4n) is 0.823. The van der Waals surface area contributed by atoms with E-state index in [2.05, 4.69) is 4.98 Å². The number of aromatic nitrogens is 1. The lowest BCUT2D eigenvalue weighted by Crippen LogP contribution is -1.73. The lowest BCUT2D eigenvalue weighted by atomic mass is 10.3. The predicted octanol–water partition coefficient (Wildman–Crippen LogP) is 2.74. The molecule has 0 aliphatic rings. The third-order valence-electron chi connectivity index (χ3n) is 1.27. The van der Waals surface area contributed by atoms with E-state index in [9.17, 15) is 0 Å². The van der Waals surface area contributed by atoms with Crippen molar-refractivity contribution in [3.05, 3.63) is 30.0 Å². The largest absolute Gasteiger partial charge is 0.443 e. The topological polar surface area (TPSA) is 26.0 Å². The highest BCUT2D eigenvalue weighted by atomic mass is 16.3. The van der Waals surface area contributed by atoms with E-state index in [1.807, 2.05) is 38.2 Å². The van der Waals surface area contributed by atoms with Gasteiger partial charge in [-0.25, -0.2) is 4.98 Å². The van der Waals surface area contributed by atoms with Gasteiger partial charge < -0.3 is 4.42 Å². The molecule has 0 saturated carbocycles. The first-order valence-electron chi connectivity index (χ1n) is 3.57. The van der Waals surface area contributed by atoms with E-state index < -0.39 is 0 Å². The van der Waals surface area contributed by atoms with Crippen molar-refractivity contribution >= 4 is 12.2 Å². The molecular formula is C9H11NO. The van der Waals surface area contributed by atoms with Crippen LogP contribution >= 0.6 is 0 Å². The maximum absolute atomic E-state index is 5.11. The Morgan fingerprint density at radius 3 is 2.64 bits per heavy atom. The molecule has 1 heterocycles. The van der Waals surface area contributed by atoms with Gasteiger partial charge in [0, 0.05) is 0 Å². The summed E-state index contributed by atoms with van der Waals surface area (Å²) in [5.41, 5.74) is 0.880. The fraction of sp³-hybridized carbons (Fsp3) is 0.222. The number of oxazole rings is 1. The molecule has 0 bridgehead atoms. The number of rotatable bonds is 2. The maximum Gasteiger partial charge on any atom is 0.181 e. The quantitative estimate of drug-likeness (QED) is 0.646. The Morgan fingerprint density at radius 1 is 1.27 bits per heavy atom. The van der Waals surface area contributed by atoms with E-state index in [4.69, 9.17) is 4.42 Å². The minimum absolute atomic E-state index is 0.811. The first-order valence-corrected chi connectivity index (χ1v) is 3.57. The molecule has 0 spiro atoms. The fourth-order valence-corrected chi connectivity index (χ4v) is 0.823. The summed E-state index contributed by atoms with van der Waals surface area (Å²) in [7, 11) is 0. The van der Waals surface area contributed by atoms with Gasteiger partial charge in [-0.3, -0.25) is 0 Å². The van der Waals surface area contributed by atoms with Crippen LogP contribution in [0.4, 0.5) is 0 Å². The van der Waals surface area contributed by atoms with Gasteiger partial charge in [0.05, 0.1) is 0 Å². The molecular weight excluding hydrogens is 138 g/mol. The van der Waals surface area contributed by atoms with Gasteiger partial charge in [0.2, 0.25) is 0 Å². The Bertz CT molecular complexity index is 244. The first-order chi connectivity index (χ1) is 5.38. The number of nitrogens with zero attached hydrogens (tertiary/aromatic N) is 1. The first kappa shape index (κ1) is 7.79. The second-order valence-corrected chi connectivity index (χ2v) is 2.10. The molecule has 0 aromatic carbocycles. The molecule has 1 aromatic heterocycles. The van der Waals surface area contributed by atoms with Crippen LogP contribution in [0.1, 0.15) is 25.3 Å². The van der Waals surface area contributed by atoms with Crippen molar-refractivity contribution in [2.24, 2.45) is 0 Å². The lowest BCUT2D eigenvalue weighted by Gasteiger charge is -1.84. The Hall–Kier alpha value is -1.31. The number of hydrogen-bond donors (Lipinski definition) is 0. The molecule has 2 heteroatoms. The average Bonchev–Trinajstić information content (AvgIpc) is 2.39. The van der Waals surface area contributed by atoms with Crippen LogP contribution in [0.3, 0.4) is 0 Å². The van der Waals surface area contributed by atoms with Crippen molar-refractivity contribution in [2.45, 2.75) is 13.8 Å². The normalized spacial score (nSPS) is 11.8. The van der Waals surface area contributed by atoms with Crippen LogP contribution in [-0.2, 0) is 0 Å². The van der Waals surface area contributed by atoms with E-state index in [1.54, 1.807) is 0 Å². The summed E-state index contributed by atoms with van der Waals surface area (Å²) >= 11 is 0. The molecule has 0 radical (unpaired) electrons. The van der Waals surface area contributed by atoms with Crippen LogP contribution in [0.5, 0.6) is 0 Å². The Labute approximate surface area is 66.3 Å². The molecule has 58 valence electrons. The SMILES string of the molecule is C/C=C\c1ncoc1/C=C\C. The highest BCUT2D eigenvalue weighted by Crippen LogP contribution is 2.10. The molecule has 0 fully saturated rings. The number of allylic oxidation sites excluding steroid dienone is 2. The van der Waals surface area contributed by atoms with Gasteiger partial charge in [0.1, 0.15) is 5.69 Å². The predicted molar refractivity (Wildman–Crippen MR) is 45.9 cm³/mol. The third kappa shape index (κ3) is 1.80. The summed E-state index contributed by atoms with van der Waals surface area (Å²) in [4.78, 5) is 4.02. The molecule has 2 nitrogen and oxygen atoms in total. The molecule has 0 aliphatic heterocycles. The zero-order valence-electron chi connectivity index (χ0n) is 6.74. The molecule has 0 unspecified atom stereocenters. The molecule has 0 aliphatic carbocycles. The molecule has 11 heavy (non-hydrogen) atoms. The maximum atomic E-state index is 5.11. The minimum atomic E-state index is 0.811. The standard InChI is InChI=1S/C9H11NO/c1-3-5-8-9(6-4-2)11-7-10-8/h3-7H,1-2H3/b5-3-,6-4-. The third-order valence-corrected chi connectivity index (χ3v) is 1.27. The summed E-state index contributed by atoms with van der Waals surface area (Å²) in [6.07, 6.45) is 9.12.